The lowest BCUT2D eigenvalue weighted by atomic mass is 9.76. The third kappa shape index (κ3) is 26.7. The highest BCUT2D eigenvalue weighted by Crippen LogP contribution is 2.62. The lowest BCUT2D eigenvalue weighted by Crippen LogP contribution is -2.15. The normalized spacial score (nSPS) is 14.8. The highest BCUT2D eigenvalue weighted by molar-refractivity contribution is 6.03. The maximum absolute atomic E-state index is 14.1. The molecule has 0 saturated carbocycles. The van der Waals surface area contributed by atoms with Crippen molar-refractivity contribution < 1.29 is 66.7 Å². The number of anilines is 8. The monoisotopic (exact) mass is 1860 g/mol. The second kappa shape index (κ2) is 51.1. The Kier molecular flexibility index (Phi) is 38.3. The maximum Gasteiger partial charge on any atom is 0.224 e. The van der Waals surface area contributed by atoms with Crippen LogP contribution in [0.3, 0.4) is 0 Å². The molecule has 10 N–H and O–H groups in total. The van der Waals surface area contributed by atoms with Crippen LogP contribution >= 0.6 is 0 Å². The summed E-state index contributed by atoms with van der Waals surface area (Å²) in [5.74, 6) is 1.39. The molecule has 4 heterocycles. The smallest absolute Gasteiger partial charge is 0.224 e. The van der Waals surface area contributed by atoms with E-state index < -0.39 is 23.7 Å². The number of hydrogen-bond acceptors (Lipinski definition) is 16. The van der Waals surface area contributed by atoms with E-state index >= 15 is 0 Å². The molecule has 136 heavy (non-hydrogen) atoms. The van der Waals surface area contributed by atoms with Gasteiger partial charge in [-0.15, -0.1) is 0 Å². The SMILES string of the molecule is CCCCCCCCCCCC1c2cc3c4cc2Oc2cc(N)c(N)cc2Oc2cc5c(cc21)C(CCCCCCCCCCC)c1cc2c(cc1Oc1cc(NC(=O)CC)c(NC(=O)CC)cc1O5)Oc1cc(NC(=O)CC)c(NC(=O)CC)cc1Oc1cc(c(cc1C2CCCCCCCCCCC)C3CCCCCCCCCCC)Oc1cc(NC(=O)CC)c(NC(=O)CC)cc1O4. The van der Waals surface area contributed by atoms with Crippen molar-refractivity contribution in [2.24, 2.45) is 0 Å². The number of nitrogens with one attached hydrogen (secondary N) is 6. The molecule has 8 aromatic carbocycles. The van der Waals surface area contributed by atoms with Crippen molar-refractivity contribution in [2.75, 3.05) is 43.4 Å². The van der Waals surface area contributed by atoms with E-state index in [-0.39, 0.29) is 165 Å². The number of nitrogen functional groups attached to an aromatic ring is 2. The van der Waals surface area contributed by atoms with Gasteiger partial charge in [-0.25, -0.2) is 0 Å². The van der Waals surface area contributed by atoms with E-state index in [2.05, 4.69) is 83.9 Å². The van der Waals surface area contributed by atoms with E-state index in [9.17, 15) is 28.8 Å². The van der Waals surface area contributed by atoms with Crippen LogP contribution in [-0.2, 0) is 28.8 Å². The first-order valence-corrected chi connectivity index (χ1v) is 52.4. The summed E-state index contributed by atoms with van der Waals surface area (Å²) in [5.41, 5.74) is 22.9. The molecular formula is C114H152N8O14. The van der Waals surface area contributed by atoms with E-state index in [4.69, 9.17) is 49.4 Å². The van der Waals surface area contributed by atoms with Gasteiger partial charge >= 0.3 is 0 Å². The van der Waals surface area contributed by atoms with E-state index in [1.54, 1.807) is 90.1 Å². The van der Waals surface area contributed by atoms with Crippen molar-refractivity contribution >= 4 is 80.9 Å². The number of ether oxygens (including phenoxy) is 8. The van der Waals surface area contributed by atoms with E-state index in [1.165, 1.54) is 103 Å². The molecule has 8 aromatic rings. The summed E-state index contributed by atoms with van der Waals surface area (Å²) < 4.78 is 62.2. The molecule has 13 rings (SSSR count). The molecule has 4 aliphatic heterocycles. The van der Waals surface area contributed by atoms with Crippen LogP contribution in [0.5, 0.6) is 92.0 Å². The minimum absolute atomic E-state index is 0.121. The molecule has 732 valence electrons. The third-order valence-electron chi connectivity index (χ3n) is 27.7. The first-order chi connectivity index (χ1) is 66.3. The van der Waals surface area contributed by atoms with Crippen molar-refractivity contribution in [1.29, 1.82) is 0 Å². The van der Waals surface area contributed by atoms with Crippen molar-refractivity contribution in [2.45, 2.75) is 388 Å². The molecule has 22 heteroatoms. The highest BCUT2D eigenvalue weighted by atomic mass is 16.5. The van der Waals surface area contributed by atoms with Crippen LogP contribution in [0.25, 0.3) is 0 Å². The number of unbranched alkanes of at least 4 members (excludes halogenated alkanes) is 32. The summed E-state index contributed by atoms with van der Waals surface area (Å²) in [6, 6.07) is 31.2. The average molecular weight is 1860 g/mol. The first kappa shape index (κ1) is 102. The molecule has 1 aliphatic carbocycles. The summed E-state index contributed by atoms with van der Waals surface area (Å²) >= 11 is 0. The lowest BCUT2D eigenvalue weighted by Gasteiger charge is -2.30. The molecule has 8 bridgehead atoms. The molecular weight excluding hydrogens is 1710 g/mol. The van der Waals surface area contributed by atoms with E-state index in [1.807, 2.05) is 24.3 Å². The van der Waals surface area contributed by atoms with Crippen molar-refractivity contribution in [1.82, 2.24) is 0 Å². The second-order valence-electron chi connectivity index (χ2n) is 38.1. The van der Waals surface area contributed by atoms with Crippen LogP contribution in [0.15, 0.2) is 97.1 Å². The second-order valence-corrected chi connectivity index (χ2v) is 38.1. The average Bonchev–Trinajstić information content (AvgIpc) is 1.51. The molecule has 0 spiro atoms. The standard InChI is InChI=1S/C114H152N8O14/c1-11-21-25-29-33-37-41-45-49-53-73-77-57-79-74(54-50-46-42-38-34-30-26-22-12-2)81-59-83-76(56-52-48-44-40-36-32-28-24-14-4)84-60-82-75(55-51-47-43-39-35-31-27-23-13-3)80-58-78(73)94-70-96(80)132-104-64-88(118-110(124)16-6)90(120-112(126)18-8)66-106(104)134-98(82)72-100(84)136-108-68-92(122-114(128)20-10)91(121-113(127)19-9)67-107(108)135-99(83)71-97(81)133-105-65-89(119-111(125)17-7)87(117-109(123)15-5)63-103(105)131-95(79)69-93(77)129-101-61-85(115)86(116)62-102(101)130-94/h57-76H,11-56,115-116H2,1-10H3,(H,117,123)(H,118,124)(H,119,125)(H,120,126)(H,121,127)(H,122,128). The van der Waals surface area contributed by atoms with Gasteiger partial charge in [0.2, 0.25) is 35.4 Å². The number of fused-ring (bicyclic) bond motifs is 4. The van der Waals surface area contributed by atoms with E-state index in [0.717, 1.165) is 173 Å². The molecule has 0 aromatic heterocycles. The summed E-state index contributed by atoms with van der Waals surface area (Å²) in [6.45, 7) is 19.7. The predicted octanol–water partition coefficient (Wildman–Crippen LogP) is 33.1. The van der Waals surface area contributed by atoms with Gasteiger partial charge in [0.25, 0.3) is 0 Å². The van der Waals surface area contributed by atoms with Gasteiger partial charge in [-0.1, -0.05) is 300 Å². The van der Waals surface area contributed by atoms with Gasteiger partial charge in [0.1, 0.15) is 46.0 Å². The molecule has 2 atom stereocenters. The molecule has 0 saturated heterocycles. The zero-order chi connectivity index (χ0) is 96.0. The van der Waals surface area contributed by atoms with Crippen LogP contribution in [0, 0.1) is 0 Å². The molecule has 0 fully saturated rings. The topological polar surface area (TPSA) is 300 Å². The Hall–Kier alpha value is -11.4. The summed E-state index contributed by atoms with van der Waals surface area (Å²) in [7, 11) is 0. The van der Waals surface area contributed by atoms with Crippen molar-refractivity contribution in [3.63, 3.8) is 0 Å². The quantitative estimate of drug-likeness (QED) is 0.0130. The Morgan fingerprint density at radius 1 is 0.191 bits per heavy atom. The zero-order valence-corrected chi connectivity index (χ0v) is 82.9. The Bertz CT molecular complexity index is 5110. The van der Waals surface area contributed by atoms with Gasteiger partial charge in [0.05, 0.1) is 45.5 Å². The van der Waals surface area contributed by atoms with Crippen molar-refractivity contribution in [3.8, 4) is 92.0 Å². The third-order valence-corrected chi connectivity index (χ3v) is 27.7. The molecule has 0 radical (unpaired) electrons. The number of benzene rings is 8. The minimum atomic E-state index is -0.550. The maximum atomic E-state index is 14.1. The zero-order valence-electron chi connectivity index (χ0n) is 82.9. The molecule has 2 unspecified atom stereocenters. The largest absolute Gasteiger partial charge is 0.453 e. The Morgan fingerprint density at radius 2 is 0.331 bits per heavy atom. The number of carbonyl (C=O) groups is 6. The van der Waals surface area contributed by atoms with Crippen LogP contribution < -0.4 is 81.3 Å². The number of carbonyl (C=O) groups excluding carboxylic acids is 6. The minimum Gasteiger partial charge on any atom is -0.453 e. The number of hydrogen-bond donors (Lipinski definition) is 8. The number of amides is 6. The van der Waals surface area contributed by atoms with Gasteiger partial charge in [0, 0.05) is 180 Å². The summed E-state index contributed by atoms with van der Waals surface area (Å²) in [6.07, 6.45) is 42.3. The molecule has 6 amide bonds. The fourth-order valence-corrected chi connectivity index (χ4v) is 19.7. The van der Waals surface area contributed by atoms with Gasteiger partial charge in [-0.3, -0.25) is 28.8 Å². The van der Waals surface area contributed by atoms with Crippen LogP contribution in [0.1, 0.15) is 433 Å². The summed E-state index contributed by atoms with van der Waals surface area (Å²) in [4.78, 5) is 84.3. The number of rotatable bonds is 52. The van der Waals surface area contributed by atoms with Crippen LogP contribution in [-0.4, -0.2) is 35.4 Å². The fourth-order valence-electron chi connectivity index (χ4n) is 19.7. The summed E-state index contributed by atoms with van der Waals surface area (Å²) in [5, 5.41) is 18.7. The van der Waals surface area contributed by atoms with Gasteiger partial charge in [-0.2, -0.15) is 0 Å². The Labute approximate surface area is 808 Å². The van der Waals surface area contributed by atoms with Crippen molar-refractivity contribution in [3.05, 3.63) is 142 Å². The molecule has 22 nitrogen and oxygen atoms in total. The van der Waals surface area contributed by atoms with Gasteiger partial charge < -0.3 is 81.3 Å². The Morgan fingerprint density at radius 3 is 0.478 bits per heavy atom. The fraction of sp³-hybridized carbons (Fsp3) is 0.526. The van der Waals surface area contributed by atoms with E-state index in [0.29, 0.717) is 71.7 Å². The van der Waals surface area contributed by atoms with Gasteiger partial charge in [0.15, 0.2) is 46.0 Å². The molecule has 5 aliphatic rings. The highest BCUT2D eigenvalue weighted by Gasteiger charge is 2.40. The van der Waals surface area contributed by atoms with Gasteiger partial charge in [-0.05, 0) is 49.9 Å². The Balaban J connectivity index is 1.21. The first-order valence-electron chi connectivity index (χ1n) is 52.4. The number of nitrogens with two attached hydrogens (primary N) is 2. The predicted molar refractivity (Wildman–Crippen MR) is 549 cm³/mol. The van der Waals surface area contributed by atoms with Crippen LogP contribution in [0.2, 0.25) is 0 Å². The van der Waals surface area contributed by atoms with Crippen LogP contribution in [0.4, 0.5) is 45.5 Å². The lowest BCUT2D eigenvalue weighted by molar-refractivity contribution is -0.116.